The predicted molar refractivity (Wildman–Crippen MR) is 41.7 cm³/mol. The zero-order valence-electron chi connectivity index (χ0n) is 5.08. The molecule has 0 aliphatic carbocycles. The molecule has 0 unspecified atom stereocenters. The first-order chi connectivity index (χ1) is 4.88. The lowest BCUT2D eigenvalue weighted by molar-refractivity contribution is 1.15. The molecular weight excluding hydrogens is 192 g/mol. The number of fused-ring (bicyclic) bond motifs is 1. The Morgan fingerprint density at radius 3 is 3.20 bits per heavy atom. The summed E-state index contributed by atoms with van der Waals surface area (Å²) in [5.41, 5.74) is 0.911. The first-order valence-corrected chi connectivity index (χ1v) is 3.67. The number of halogens is 1. The standard InChI is InChI=1S/C7H4BrN2/c8-6-5-9-7-3-1-2-4-10(6)7/h1-4H. The Morgan fingerprint density at radius 2 is 2.40 bits per heavy atom. The fourth-order valence-electron chi connectivity index (χ4n) is 0.848. The molecule has 0 fully saturated rings. The molecule has 2 nitrogen and oxygen atoms in total. The molecule has 10 heavy (non-hydrogen) atoms. The van der Waals surface area contributed by atoms with E-state index in [1.165, 1.54) is 0 Å². The van der Waals surface area contributed by atoms with Crippen LogP contribution in [0.2, 0.25) is 0 Å². The maximum Gasteiger partial charge on any atom is 0.138 e. The van der Waals surface area contributed by atoms with E-state index >= 15 is 0 Å². The van der Waals surface area contributed by atoms with Gasteiger partial charge in [0, 0.05) is 6.20 Å². The molecule has 2 rings (SSSR count). The molecule has 0 aliphatic rings. The van der Waals surface area contributed by atoms with Gasteiger partial charge in [-0.2, -0.15) is 0 Å². The fourth-order valence-corrected chi connectivity index (χ4v) is 1.24. The summed E-state index contributed by atoms with van der Waals surface area (Å²) in [5.74, 6) is 0. The first-order valence-electron chi connectivity index (χ1n) is 2.88. The maximum absolute atomic E-state index is 4.01. The van der Waals surface area contributed by atoms with E-state index < -0.39 is 0 Å². The third-order valence-electron chi connectivity index (χ3n) is 1.31. The van der Waals surface area contributed by atoms with Crippen LogP contribution in [0.25, 0.3) is 5.65 Å². The Balaban J connectivity index is 2.93. The van der Waals surface area contributed by atoms with E-state index in [-0.39, 0.29) is 0 Å². The quantitative estimate of drug-likeness (QED) is 0.628. The molecule has 3 heteroatoms. The molecule has 0 saturated heterocycles. The number of pyridine rings is 1. The molecule has 0 aliphatic heterocycles. The van der Waals surface area contributed by atoms with E-state index in [0.29, 0.717) is 0 Å². The van der Waals surface area contributed by atoms with Crippen molar-refractivity contribution >= 4 is 21.6 Å². The van der Waals surface area contributed by atoms with Crippen LogP contribution in [0.5, 0.6) is 0 Å². The lowest BCUT2D eigenvalue weighted by Gasteiger charge is -1.90. The van der Waals surface area contributed by atoms with Crippen molar-refractivity contribution in [3.8, 4) is 0 Å². The number of imidazole rings is 1. The minimum Gasteiger partial charge on any atom is -0.294 e. The third-order valence-corrected chi connectivity index (χ3v) is 1.87. The molecule has 0 aromatic carbocycles. The number of hydrogen-bond donors (Lipinski definition) is 0. The van der Waals surface area contributed by atoms with E-state index in [4.69, 9.17) is 0 Å². The normalized spacial score (nSPS) is 10.5. The molecule has 2 aromatic rings. The van der Waals surface area contributed by atoms with Gasteiger partial charge in [0.1, 0.15) is 16.4 Å². The molecule has 49 valence electrons. The van der Waals surface area contributed by atoms with E-state index in [1.54, 1.807) is 0 Å². The summed E-state index contributed by atoms with van der Waals surface area (Å²) >= 11 is 3.31. The average molecular weight is 196 g/mol. The highest BCUT2D eigenvalue weighted by atomic mass is 79.9. The summed E-state index contributed by atoms with van der Waals surface area (Å²) in [6.07, 6.45) is 4.74. The highest BCUT2D eigenvalue weighted by Crippen LogP contribution is 2.10. The van der Waals surface area contributed by atoms with E-state index in [0.717, 1.165) is 10.3 Å². The van der Waals surface area contributed by atoms with Gasteiger partial charge < -0.3 is 0 Å². The van der Waals surface area contributed by atoms with Crippen LogP contribution < -0.4 is 0 Å². The summed E-state index contributed by atoms with van der Waals surface area (Å²) in [5, 5.41) is 0. The van der Waals surface area contributed by atoms with Gasteiger partial charge in [0.05, 0.1) is 0 Å². The zero-order valence-corrected chi connectivity index (χ0v) is 6.67. The summed E-state index contributed by atoms with van der Waals surface area (Å²) in [7, 11) is 0. The van der Waals surface area contributed by atoms with Crippen molar-refractivity contribution in [1.29, 1.82) is 0 Å². The van der Waals surface area contributed by atoms with Gasteiger partial charge in [-0.3, -0.25) is 4.40 Å². The van der Waals surface area contributed by atoms with Crippen molar-refractivity contribution in [3.63, 3.8) is 0 Å². The molecule has 1 radical (unpaired) electrons. The summed E-state index contributed by atoms with van der Waals surface area (Å²) in [4.78, 5) is 4.01. The smallest absolute Gasteiger partial charge is 0.138 e. The molecule has 2 aromatic heterocycles. The van der Waals surface area contributed by atoms with Crippen molar-refractivity contribution in [3.05, 3.63) is 35.2 Å². The molecule has 0 bridgehead atoms. The van der Waals surface area contributed by atoms with Gasteiger partial charge in [0.15, 0.2) is 0 Å². The average Bonchev–Trinajstić information content (AvgIpc) is 2.34. The SMILES string of the molecule is Brc1[c]nc2ccccn12. The van der Waals surface area contributed by atoms with Crippen molar-refractivity contribution in [1.82, 2.24) is 9.38 Å². The fraction of sp³-hybridized carbons (Fsp3) is 0. The summed E-state index contributed by atoms with van der Waals surface area (Å²) in [6.45, 7) is 0. The second-order valence-electron chi connectivity index (χ2n) is 1.94. The van der Waals surface area contributed by atoms with Gasteiger partial charge in [-0.05, 0) is 28.1 Å². The number of aromatic nitrogens is 2. The Morgan fingerprint density at radius 1 is 1.50 bits per heavy atom. The van der Waals surface area contributed by atoms with Crippen molar-refractivity contribution in [2.45, 2.75) is 0 Å². The Labute approximate surface area is 66.6 Å². The maximum atomic E-state index is 4.01. The molecule has 0 saturated carbocycles. The Kier molecular flexibility index (Phi) is 1.24. The van der Waals surface area contributed by atoms with Crippen LogP contribution in [-0.4, -0.2) is 9.38 Å². The number of nitrogens with zero attached hydrogens (tertiary/aromatic N) is 2. The minimum atomic E-state index is 0.864. The van der Waals surface area contributed by atoms with Gasteiger partial charge in [-0.1, -0.05) is 6.07 Å². The van der Waals surface area contributed by atoms with Gasteiger partial charge in [-0.15, -0.1) is 0 Å². The molecule has 0 N–H and O–H groups in total. The lowest BCUT2D eigenvalue weighted by atomic mass is 10.5. The second kappa shape index (κ2) is 2.09. The van der Waals surface area contributed by atoms with Crippen LogP contribution in [0.15, 0.2) is 29.0 Å². The van der Waals surface area contributed by atoms with Crippen molar-refractivity contribution in [2.75, 3.05) is 0 Å². The molecule has 0 amide bonds. The van der Waals surface area contributed by atoms with Gasteiger partial charge in [0.2, 0.25) is 0 Å². The van der Waals surface area contributed by atoms with Gasteiger partial charge >= 0.3 is 0 Å². The van der Waals surface area contributed by atoms with E-state index in [2.05, 4.69) is 27.1 Å². The molecule has 0 atom stereocenters. The molecule has 2 heterocycles. The minimum absolute atomic E-state index is 0.864. The highest BCUT2D eigenvalue weighted by Gasteiger charge is 1.95. The van der Waals surface area contributed by atoms with Gasteiger partial charge in [-0.25, -0.2) is 4.98 Å². The largest absolute Gasteiger partial charge is 0.294 e. The Hall–Kier alpha value is -0.830. The number of hydrogen-bond acceptors (Lipinski definition) is 1. The van der Waals surface area contributed by atoms with Crippen LogP contribution in [0.4, 0.5) is 0 Å². The van der Waals surface area contributed by atoms with Crippen LogP contribution in [0.1, 0.15) is 0 Å². The Bertz CT molecular complexity index is 353. The third kappa shape index (κ3) is 0.743. The van der Waals surface area contributed by atoms with Crippen LogP contribution in [0, 0.1) is 6.20 Å². The summed E-state index contributed by atoms with van der Waals surface area (Å²) < 4.78 is 2.78. The highest BCUT2D eigenvalue weighted by molar-refractivity contribution is 9.10. The van der Waals surface area contributed by atoms with Crippen LogP contribution in [-0.2, 0) is 0 Å². The van der Waals surface area contributed by atoms with Crippen molar-refractivity contribution < 1.29 is 0 Å². The van der Waals surface area contributed by atoms with Gasteiger partial charge in [0.25, 0.3) is 0 Å². The summed E-state index contributed by atoms with van der Waals surface area (Å²) in [6, 6.07) is 5.83. The second-order valence-corrected chi connectivity index (χ2v) is 2.69. The number of rotatable bonds is 0. The predicted octanol–water partition coefficient (Wildman–Crippen LogP) is 1.90. The van der Waals surface area contributed by atoms with Crippen LogP contribution in [0.3, 0.4) is 0 Å². The lowest BCUT2D eigenvalue weighted by Crippen LogP contribution is -1.80. The van der Waals surface area contributed by atoms with E-state index in [1.807, 2.05) is 28.8 Å². The first kappa shape index (κ1) is 5.92. The topological polar surface area (TPSA) is 17.3 Å². The van der Waals surface area contributed by atoms with Crippen LogP contribution >= 0.6 is 15.9 Å². The van der Waals surface area contributed by atoms with Crippen molar-refractivity contribution in [2.24, 2.45) is 0 Å². The molecular formula is C7H4BrN2. The molecule has 0 spiro atoms. The monoisotopic (exact) mass is 195 g/mol. The van der Waals surface area contributed by atoms with E-state index in [9.17, 15) is 0 Å². The zero-order chi connectivity index (χ0) is 6.97.